The summed E-state index contributed by atoms with van der Waals surface area (Å²) < 4.78 is 1.04. The highest BCUT2D eigenvalue weighted by Gasteiger charge is 2.29. The Balaban J connectivity index is 1.73. The van der Waals surface area contributed by atoms with Gasteiger partial charge in [-0.15, -0.1) is 0 Å². The molecule has 1 unspecified atom stereocenters. The zero-order chi connectivity index (χ0) is 13.2. The van der Waals surface area contributed by atoms with E-state index < -0.39 is 0 Å². The van der Waals surface area contributed by atoms with Crippen LogP contribution in [0.15, 0.2) is 22.7 Å². The lowest BCUT2D eigenvalue weighted by atomic mass is 10.1. The molecule has 2 aliphatic rings. The first kappa shape index (κ1) is 13.4. The molecule has 0 aliphatic carbocycles. The van der Waals surface area contributed by atoms with E-state index in [-0.39, 0.29) is 6.61 Å². The van der Waals surface area contributed by atoms with Gasteiger partial charge in [-0.25, -0.2) is 0 Å². The Morgan fingerprint density at radius 1 is 1.21 bits per heavy atom. The van der Waals surface area contributed by atoms with Gasteiger partial charge in [-0.05, 0) is 50.6 Å². The van der Waals surface area contributed by atoms with Crippen molar-refractivity contribution in [3.05, 3.63) is 28.2 Å². The molecule has 3 nitrogen and oxygen atoms in total. The van der Waals surface area contributed by atoms with Crippen molar-refractivity contribution in [3.8, 4) is 0 Å². The molecule has 2 fully saturated rings. The largest absolute Gasteiger partial charge is 0.392 e. The van der Waals surface area contributed by atoms with Crippen LogP contribution in [0.3, 0.4) is 0 Å². The maximum absolute atomic E-state index is 9.52. The van der Waals surface area contributed by atoms with E-state index in [1.54, 1.807) is 0 Å². The van der Waals surface area contributed by atoms with Gasteiger partial charge in [-0.1, -0.05) is 15.9 Å². The summed E-state index contributed by atoms with van der Waals surface area (Å²) in [7, 11) is 0. The van der Waals surface area contributed by atoms with Crippen molar-refractivity contribution in [2.75, 3.05) is 31.1 Å². The molecule has 0 radical (unpaired) electrons. The van der Waals surface area contributed by atoms with Crippen LogP contribution in [0.2, 0.25) is 0 Å². The van der Waals surface area contributed by atoms with Crippen molar-refractivity contribution >= 4 is 21.6 Å². The number of hydrogen-bond acceptors (Lipinski definition) is 3. The van der Waals surface area contributed by atoms with Crippen LogP contribution in [0.1, 0.15) is 24.8 Å². The zero-order valence-corrected chi connectivity index (χ0v) is 12.8. The van der Waals surface area contributed by atoms with Gasteiger partial charge >= 0.3 is 0 Å². The molecule has 0 spiro atoms. The molecule has 1 aromatic carbocycles. The molecule has 4 heteroatoms. The lowest BCUT2D eigenvalue weighted by molar-refractivity contribution is 0.260. The second-order valence-electron chi connectivity index (χ2n) is 5.56. The van der Waals surface area contributed by atoms with Crippen molar-refractivity contribution in [1.82, 2.24) is 4.90 Å². The molecule has 2 heterocycles. The fourth-order valence-electron chi connectivity index (χ4n) is 3.35. The molecule has 1 atom stereocenters. The Morgan fingerprint density at radius 3 is 2.74 bits per heavy atom. The first-order chi connectivity index (χ1) is 9.28. The summed E-state index contributed by atoms with van der Waals surface area (Å²) in [6, 6.07) is 6.93. The lowest BCUT2D eigenvalue weighted by Gasteiger charge is -2.25. The van der Waals surface area contributed by atoms with E-state index >= 15 is 0 Å². The fraction of sp³-hybridized carbons (Fsp3) is 0.600. The van der Waals surface area contributed by atoms with E-state index in [0.717, 1.165) is 23.1 Å². The van der Waals surface area contributed by atoms with Crippen LogP contribution in [-0.2, 0) is 6.61 Å². The van der Waals surface area contributed by atoms with Crippen molar-refractivity contribution < 1.29 is 5.11 Å². The molecule has 2 aliphatic heterocycles. The molecule has 0 aromatic heterocycles. The third-order valence-electron chi connectivity index (χ3n) is 4.37. The monoisotopic (exact) mass is 324 g/mol. The molecule has 3 rings (SSSR count). The van der Waals surface area contributed by atoms with Crippen molar-refractivity contribution in [2.45, 2.75) is 31.9 Å². The van der Waals surface area contributed by atoms with E-state index in [1.807, 2.05) is 6.07 Å². The molecule has 0 amide bonds. The summed E-state index contributed by atoms with van der Waals surface area (Å²) >= 11 is 3.47. The van der Waals surface area contributed by atoms with Crippen molar-refractivity contribution in [1.29, 1.82) is 0 Å². The molecule has 1 aromatic rings. The summed E-state index contributed by atoms with van der Waals surface area (Å²) in [6.45, 7) is 4.86. The van der Waals surface area contributed by atoms with E-state index in [2.05, 4.69) is 37.9 Å². The normalized spacial score (nSPS) is 24.3. The first-order valence-electron chi connectivity index (χ1n) is 7.16. The van der Waals surface area contributed by atoms with Crippen LogP contribution in [0.4, 0.5) is 5.69 Å². The van der Waals surface area contributed by atoms with Crippen LogP contribution in [0, 0.1) is 0 Å². The molecule has 104 valence electrons. The number of aliphatic hydroxyl groups excluding tert-OH is 1. The predicted molar refractivity (Wildman–Crippen MR) is 81.5 cm³/mol. The summed E-state index contributed by atoms with van der Waals surface area (Å²) in [5.41, 5.74) is 2.23. The third kappa shape index (κ3) is 2.81. The molecule has 1 N–H and O–H groups in total. The molecule has 2 saturated heterocycles. The minimum absolute atomic E-state index is 0.111. The molecular weight excluding hydrogens is 304 g/mol. The molecule has 0 bridgehead atoms. The Kier molecular flexibility index (Phi) is 4.10. The maximum atomic E-state index is 9.52. The summed E-state index contributed by atoms with van der Waals surface area (Å²) in [5, 5.41) is 9.52. The van der Waals surface area contributed by atoms with Gasteiger partial charge in [-0.2, -0.15) is 0 Å². The molecule has 0 saturated carbocycles. The van der Waals surface area contributed by atoms with Gasteiger partial charge in [0.15, 0.2) is 0 Å². The maximum Gasteiger partial charge on any atom is 0.0702 e. The lowest BCUT2D eigenvalue weighted by Crippen LogP contribution is -2.35. The summed E-state index contributed by atoms with van der Waals surface area (Å²) in [4.78, 5) is 5.07. The van der Waals surface area contributed by atoms with Crippen LogP contribution >= 0.6 is 15.9 Å². The average molecular weight is 325 g/mol. The topological polar surface area (TPSA) is 26.7 Å². The first-order valence-corrected chi connectivity index (χ1v) is 7.95. The number of aliphatic hydroxyl groups is 1. The van der Waals surface area contributed by atoms with Gasteiger partial charge in [0.25, 0.3) is 0 Å². The highest BCUT2D eigenvalue weighted by molar-refractivity contribution is 9.10. The van der Waals surface area contributed by atoms with E-state index in [4.69, 9.17) is 0 Å². The molecule has 19 heavy (non-hydrogen) atoms. The SMILES string of the molecule is OCc1cc(Br)ccc1N1CCC(N2CCCC2)C1. The van der Waals surface area contributed by atoms with E-state index in [9.17, 15) is 5.11 Å². The van der Waals surface area contributed by atoms with Crippen LogP contribution in [0.25, 0.3) is 0 Å². The number of anilines is 1. The quantitative estimate of drug-likeness (QED) is 0.925. The van der Waals surface area contributed by atoms with E-state index in [1.165, 1.54) is 38.0 Å². The van der Waals surface area contributed by atoms with Crippen LogP contribution in [-0.4, -0.2) is 42.2 Å². The van der Waals surface area contributed by atoms with Gasteiger partial charge in [0.05, 0.1) is 6.61 Å². The zero-order valence-electron chi connectivity index (χ0n) is 11.2. The second-order valence-corrected chi connectivity index (χ2v) is 6.48. The number of halogens is 1. The summed E-state index contributed by atoms with van der Waals surface area (Å²) in [5.74, 6) is 0. The highest BCUT2D eigenvalue weighted by atomic mass is 79.9. The average Bonchev–Trinajstić information content (AvgIpc) is 3.09. The Labute approximate surface area is 123 Å². The van der Waals surface area contributed by atoms with Gasteiger partial charge in [0, 0.05) is 34.9 Å². The van der Waals surface area contributed by atoms with Gasteiger partial charge in [0.2, 0.25) is 0 Å². The van der Waals surface area contributed by atoms with Crippen molar-refractivity contribution in [2.24, 2.45) is 0 Å². The van der Waals surface area contributed by atoms with Crippen LogP contribution in [0.5, 0.6) is 0 Å². The number of nitrogens with zero attached hydrogens (tertiary/aromatic N) is 2. The minimum Gasteiger partial charge on any atom is -0.392 e. The number of benzene rings is 1. The van der Waals surface area contributed by atoms with Crippen LogP contribution < -0.4 is 4.90 Å². The number of likely N-dealkylation sites (tertiary alicyclic amines) is 1. The predicted octanol–water partition coefficient (Wildman–Crippen LogP) is 2.62. The Morgan fingerprint density at radius 2 is 2.00 bits per heavy atom. The Hall–Kier alpha value is -0.580. The number of rotatable bonds is 3. The van der Waals surface area contributed by atoms with Crippen molar-refractivity contribution in [3.63, 3.8) is 0 Å². The van der Waals surface area contributed by atoms with Gasteiger partial charge in [0.1, 0.15) is 0 Å². The standard InChI is InChI=1S/C15H21BrN2O/c16-13-3-4-15(12(9-13)11-19)18-8-5-14(10-18)17-6-1-2-7-17/h3-4,9,14,19H,1-2,5-8,10-11H2. The van der Waals surface area contributed by atoms with Gasteiger partial charge < -0.3 is 10.0 Å². The number of hydrogen-bond donors (Lipinski definition) is 1. The smallest absolute Gasteiger partial charge is 0.0702 e. The molecular formula is C15H21BrN2O. The van der Waals surface area contributed by atoms with E-state index in [0.29, 0.717) is 6.04 Å². The minimum atomic E-state index is 0.111. The summed E-state index contributed by atoms with van der Waals surface area (Å²) in [6.07, 6.45) is 3.97. The van der Waals surface area contributed by atoms with Gasteiger partial charge in [-0.3, -0.25) is 4.90 Å². The fourth-order valence-corrected chi connectivity index (χ4v) is 3.76. The highest BCUT2D eigenvalue weighted by Crippen LogP contribution is 2.29. The second kappa shape index (κ2) is 5.81. The third-order valence-corrected chi connectivity index (χ3v) is 4.87. The Bertz CT molecular complexity index is 446.